The monoisotopic (exact) mass is 217 g/mol. The summed E-state index contributed by atoms with van der Waals surface area (Å²) < 4.78 is 0. The third-order valence-electron chi connectivity index (χ3n) is 3.22. The standard InChI is InChI=1S/C12H15N3O/c16-12-14-10-4-3-8(7-11(10)15-12)6-9-2-1-5-13-9/h3-4,7,9,13H,1-2,5-6H2,(H2,14,15,16). The van der Waals surface area contributed by atoms with Gasteiger partial charge in [-0.3, -0.25) is 0 Å². The van der Waals surface area contributed by atoms with E-state index >= 15 is 0 Å². The molecule has 3 N–H and O–H groups in total. The molecule has 0 saturated carbocycles. The highest BCUT2D eigenvalue weighted by atomic mass is 16.1. The van der Waals surface area contributed by atoms with Crippen LogP contribution in [-0.2, 0) is 6.42 Å². The molecule has 1 aliphatic heterocycles. The van der Waals surface area contributed by atoms with Crippen molar-refractivity contribution in [2.24, 2.45) is 0 Å². The number of nitrogens with one attached hydrogen (secondary N) is 3. The smallest absolute Gasteiger partial charge is 0.314 e. The van der Waals surface area contributed by atoms with Gasteiger partial charge in [-0.1, -0.05) is 6.07 Å². The number of hydrogen-bond acceptors (Lipinski definition) is 2. The maximum atomic E-state index is 11.1. The van der Waals surface area contributed by atoms with Crippen molar-refractivity contribution in [1.82, 2.24) is 15.3 Å². The minimum absolute atomic E-state index is 0.133. The summed E-state index contributed by atoms with van der Waals surface area (Å²) in [5.41, 5.74) is 2.93. The summed E-state index contributed by atoms with van der Waals surface area (Å²) in [5, 5.41) is 3.48. The Morgan fingerprint density at radius 3 is 2.94 bits per heavy atom. The first-order valence-electron chi connectivity index (χ1n) is 5.75. The van der Waals surface area contributed by atoms with Crippen LogP contribution in [0.4, 0.5) is 0 Å². The molecule has 2 heterocycles. The van der Waals surface area contributed by atoms with Gasteiger partial charge in [0.1, 0.15) is 0 Å². The highest BCUT2D eigenvalue weighted by Crippen LogP contribution is 2.15. The predicted molar refractivity (Wildman–Crippen MR) is 63.6 cm³/mol. The molecule has 3 rings (SSSR count). The van der Waals surface area contributed by atoms with Crippen molar-refractivity contribution < 1.29 is 0 Å². The molecule has 1 aromatic carbocycles. The number of fused-ring (bicyclic) bond motifs is 1. The Balaban J connectivity index is 1.89. The zero-order valence-corrected chi connectivity index (χ0v) is 9.05. The molecule has 0 radical (unpaired) electrons. The first-order valence-corrected chi connectivity index (χ1v) is 5.75. The molecule has 84 valence electrons. The number of H-pyrrole nitrogens is 2. The van der Waals surface area contributed by atoms with Crippen LogP contribution < -0.4 is 11.0 Å². The molecule has 1 aliphatic rings. The lowest BCUT2D eigenvalue weighted by Crippen LogP contribution is -2.23. The lowest BCUT2D eigenvalue weighted by atomic mass is 10.0. The van der Waals surface area contributed by atoms with E-state index < -0.39 is 0 Å². The van der Waals surface area contributed by atoms with E-state index in [0.717, 1.165) is 24.0 Å². The fourth-order valence-electron chi connectivity index (χ4n) is 2.42. The van der Waals surface area contributed by atoms with Gasteiger partial charge in [0.05, 0.1) is 11.0 Å². The van der Waals surface area contributed by atoms with E-state index in [1.54, 1.807) is 0 Å². The lowest BCUT2D eigenvalue weighted by molar-refractivity contribution is 0.603. The van der Waals surface area contributed by atoms with E-state index in [1.165, 1.54) is 18.4 Å². The van der Waals surface area contributed by atoms with Crippen molar-refractivity contribution in [1.29, 1.82) is 0 Å². The average Bonchev–Trinajstić information content (AvgIpc) is 2.85. The van der Waals surface area contributed by atoms with Crippen molar-refractivity contribution >= 4 is 11.0 Å². The summed E-state index contributed by atoms with van der Waals surface area (Å²) in [6.45, 7) is 1.13. The van der Waals surface area contributed by atoms with Crippen LogP contribution in [0.15, 0.2) is 23.0 Å². The van der Waals surface area contributed by atoms with Gasteiger partial charge in [-0.25, -0.2) is 4.79 Å². The number of aromatic amines is 2. The topological polar surface area (TPSA) is 60.7 Å². The van der Waals surface area contributed by atoms with Gasteiger partial charge in [-0.2, -0.15) is 0 Å². The van der Waals surface area contributed by atoms with Gasteiger partial charge in [-0.05, 0) is 43.5 Å². The van der Waals surface area contributed by atoms with Crippen LogP contribution in [0.3, 0.4) is 0 Å². The Morgan fingerprint density at radius 1 is 1.25 bits per heavy atom. The van der Waals surface area contributed by atoms with Crippen molar-refractivity contribution in [3.05, 3.63) is 34.2 Å². The van der Waals surface area contributed by atoms with Crippen LogP contribution in [0.1, 0.15) is 18.4 Å². The van der Waals surface area contributed by atoms with E-state index in [-0.39, 0.29) is 5.69 Å². The largest absolute Gasteiger partial charge is 0.323 e. The highest BCUT2D eigenvalue weighted by molar-refractivity contribution is 5.75. The fraction of sp³-hybridized carbons (Fsp3) is 0.417. The fourth-order valence-corrected chi connectivity index (χ4v) is 2.42. The summed E-state index contributed by atoms with van der Waals surface area (Å²) in [5.74, 6) is 0. The van der Waals surface area contributed by atoms with E-state index in [4.69, 9.17) is 0 Å². The zero-order valence-electron chi connectivity index (χ0n) is 9.05. The number of benzene rings is 1. The summed E-state index contributed by atoms with van der Waals surface area (Å²) in [4.78, 5) is 16.7. The SMILES string of the molecule is O=c1[nH]c2ccc(CC3CCCN3)cc2[nH]1. The molecule has 4 heteroatoms. The Bertz CT molecular complexity index is 549. The van der Waals surface area contributed by atoms with Crippen molar-refractivity contribution in [2.45, 2.75) is 25.3 Å². The molecule has 1 unspecified atom stereocenters. The summed E-state index contributed by atoms with van der Waals surface area (Å²) >= 11 is 0. The molecule has 1 aromatic heterocycles. The molecule has 0 aliphatic carbocycles. The zero-order chi connectivity index (χ0) is 11.0. The van der Waals surface area contributed by atoms with Crippen LogP contribution in [0.2, 0.25) is 0 Å². The average molecular weight is 217 g/mol. The maximum absolute atomic E-state index is 11.1. The van der Waals surface area contributed by atoms with Gasteiger partial charge < -0.3 is 15.3 Å². The minimum atomic E-state index is -0.133. The molecule has 0 bridgehead atoms. The Kier molecular flexibility index (Phi) is 2.29. The van der Waals surface area contributed by atoms with E-state index in [0.29, 0.717) is 6.04 Å². The number of imidazole rings is 1. The Morgan fingerprint density at radius 2 is 2.12 bits per heavy atom. The number of hydrogen-bond donors (Lipinski definition) is 3. The normalized spacial score (nSPS) is 20.6. The van der Waals surface area contributed by atoms with Crippen LogP contribution in [-0.4, -0.2) is 22.6 Å². The second-order valence-electron chi connectivity index (χ2n) is 4.46. The predicted octanol–water partition coefficient (Wildman–Crippen LogP) is 1.15. The Hall–Kier alpha value is -1.55. The second kappa shape index (κ2) is 3.79. The summed E-state index contributed by atoms with van der Waals surface area (Å²) in [6, 6.07) is 6.72. The third-order valence-corrected chi connectivity index (χ3v) is 3.22. The van der Waals surface area contributed by atoms with Gasteiger partial charge in [-0.15, -0.1) is 0 Å². The van der Waals surface area contributed by atoms with E-state index in [2.05, 4.69) is 27.4 Å². The minimum Gasteiger partial charge on any atom is -0.314 e. The van der Waals surface area contributed by atoms with Gasteiger partial charge in [0.25, 0.3) is 0 Å². The molecule has 4 nitrogen and oxygen atoms in total. The number of aromatic nitrogens is 2. The molecular weight excluding hydrogens is 202 g/mol. The lowest BCUT2D eigenvalue weighted by Gasteiger charge is -2.09. The highest BCUT2D eigenvalue weighted by Gasteiger charge is 2.14. The molecule has 1 fully saturated rings. The molecule has 2 aromatic rings. The summed E-state index contributed by atoms with van der Waals surface area (Å²) in [7, 11) is 0. The van der Waals surface area contributed by atoms with Crippen LogP contribution in [0.5, 0.6) is 0 Å². The third kappa shape index (κ3) is 1.76. The first kappa shape index (κ1) is 9.66. The van der Waals surface area contributed by atoms with Crippen molar-refractivity contribution in [3.8, 4) is 0 Å². The molecule has 1 atom stereocenters. The molecule has 16 heavy (non-hydrogen) atoms. The second-order valence-corrected chi connectivity index (χ2v) is 4.46. The quantitative estimate of drug-likeness (QED) is 0.706. The Labute approximate surface area is 93.1 Å². The van der Waals surface area contributed by atoms with Crippen LogP contribution >= 0.6 is 0 Å². The molecule has 0 amide bonds. The maximum Gasteiger partial charge on any atom is 0.323 e. The first-order chi connectivity index (χ1) is 7.81. The van der Waals surface area contributed by atoms with Gasteiger partial charge >= 0.3 is 5.69 Å². The molecule has 0 spiro atoms. The van der Waals surface area contributed by atoms with Crippen molar-refractivity contribution in [3.63, 3.8) is 0 Å². The number of rotatable bonds is 2. The van der Waals surface area contributed by atoms with Gasteiger partial charge in [0, 0.05) is 6.04 Å². The van der Waals surface area contributed by atoms with Crippen LogP contribution in [0, 0.1) is 0 Å². The van der Waals surface area contributed by atoms with Gasteiger partial charge in [0.15, 0.2) is 0 Å². The van der Waals surface area contributed by atoms with E-state index in [9.17, 15) is 4.79 Å². The molecule has 1 saturated heterocycles. The van der Waals surface area contributed by atoms with Gasteiger partial charge in [0.2, 0.25) is 0 Å². The van der Waals surface area contributed by atoms with E-state index in [1.807, 2.05) is 6.07 Å². The molecular formula is C12H15N3O. The summed E-state index contributed by atoms with van der Waals surface area (Å²) in [6.07, 6.45) is 3.57. The van der Waals surface area contributed by atoms with Crippen LogP contribution in [0.25, 0.3) is 11.0 Å². The van der Waals surface area contributed by atoms with Crippen molar-refractivity contribution in [2.75, 3.05) is 6.54 Å².